The molecule has 1 atom stereocenters. The minimum absolute atomic E-state index is 0.136. The summed E-state index contributed by atoms with van der Waals surface area (Å²) in [6.07, 6.45) is 0.751. The van der Waals surface area contributed by atoms with Crippen molar-refractivity contribution in [2.24, 2.45) is 5.73 Å². The van der Waals surface area contributed by atoms with E-state index in [1.165, 1.54) is 12.1 Å². The summed E-state index contributed by atoms with van der Waals surface area (Å²) in [6, 6.07) is 11.8. The topological polar surface area (TPSA) is 46.2 Å². The maximum Gasteiger partial charge on any atom is 0.129 e. The van der Waals surface area contributed by atoms with Crippen molar-refractivity contribution >= 4 is 15.9 Å². The lowest BCUT2D eigenvalue weighted by molar-refractivity contribution is 0.471. The molecule has 4 heteroatoms. The van der Waals surface area contributed by atoms with Crippen LogP contribution in [0, 0.1) is 5.82 Å². The van der Waals surface area contributed by atoms with E-state index in [-0.39, 0.29) is 17.5 Å². The van der Waals surface area contributed by atoms with Crippen molar-refractivity contribution in [1.82, 2.24) is 0 Å². The minimum atomic E-state index is -0.244. The minimum Gasteiger partial charge on any atom is -0.507 e. The van der Waals surface area contributed by atoms with Gasteiger partial charge in [0, 0.05) is 5.92 Å². The molecule has 1 unspecified atom stereocenters. The Morgan fingerprint density at radius 3 is 2.42 bits per heavy atom. The summed E-state index contributed by atoms with van der Waals surface area (Å²) in [5.74, 6) is 0.110. The zero-order chi connectivity index (χ0) is 13.8. The van der Waals surface area contributed by atoms with Gasteiger partial charge in [0.15, 0.2) is 0 Å². The summed E-state index contributed by atoms with van der Waals surface area (Å²) in [7, 11) is 0. The van der Waals surface area contributed by atoms with E-state index in [0.717, 1.165) is 17.5 Å². The van der Waals surface area contributed by atoms with Gasteiger partial charge in [-0.15, -0.1) is 0 Å². The van der Waals surface area contributed by atoms with E-state index in [1.807, 2.05) is 12.1 Å². The van der Waals surface area contributed by atoms with E-state index in [1.54, 1.807) is 18.2 Å². The van der Waals surface area contributed by atoms with Gasteiger partial charge in [-0.1, -0.05) is 18.2 Å². The molecule has 0 saturated carbocycles. The van der Waals surface area contributed by atoms with Gasteiger partial charge in [0.1, 0.15) is 11.6 Å². The van der Waals surface area contributed by atoms with Crippen molar-refractivity contribution in [3.63, 3.8) is 0 Å². The Kier molecular flexibility index (Phi) is 4.56. The fourth-order valence-electron chi connectivity index (χ4n) is 2.03. The number of benzene rings is 2. The van der Waals surface area contributed by atoms with Crippen molar-refractivity contribution in [3.05, 3.63) is 63.9 Å². The molecule has 0 amide bonds. The van der Waals surface area contributed by atoms with Crippen LogP contribution >= 0.6 is 15.9 Å². The van der Waals surface area contributed by atoms with Gasteiger partial charge in [-0.05, 0) is 64.3 Å². The quantitative estimate of drug-likeness (QED) is 0.903. The van der Waals surface area contributed by atoms with Crippen molar-refractivity contribution in [2.45, 2.75) is 12.3 Å². The lowest BCUT2D eigenvalue weighted by Gasteiger charge is -2.15. The lowest BCUT2D eigenvalue weighted by atomic mass is 9.92. The molecular weight excluding hydrogens is 309 g/mol. The molecule has 0 saturated heterocycles. The molecular formula is C15H15BrFNO. The summed E-state index contributed by atoms with van der Waals surface area (Å²) >= 11 is 3.29. The molecule has 2 rings (SSSR count). The molecule has 0 aliphatic heterocycles. The first kappa shape index (κ1) is 14.0. The Morgan fingerprint density at radius 2 is 1.84 bits per heavy atom. The van der Waals surface area contributed by atoms with Gasteiger partial charge in [0.25, 0.3) is 0 Å². The molecule has 19 heavy (non-hydrogen) atoms. The van der Waals surface area contributed by atoms with Crippen LogP contribution in [-0.4, -0.2) is 11.7 Å². The van der Waals surface area contributed by atoms with Crippen LogP contribution in [0.25, 0.3) is 0 Å². The number of phenolic OH excluding ortho intramolecular Hbond substituents is 1. The normalized spacial score (nSPS) is 12.4. The molecule has 0 radical (unpaired) electrons. The largest absolute Gasteiger partial charge is 0.507 e. The number of aromatic hydroxyl groups is 1. The van der Waals surface area contributed by atoms with Gasteiger partial charge in [-0.3, -0.25) is 0 Å². The third-order valence-corrected chi connectivity index (χ3v) is 3.76. The van der Waals surface area contributed by atoms with Crippen molar-refractivity contribution < 1.29 is 9.50 Å². The molecule has 0 aliphatic carbocycles. The van der Waals surface area contributed by atoms with Gasteiger partial charge in [0.2, 0.25) is 0 Å². The summed E-state index contributed by atoms with van der Waals surface area (Å²) in [4.78, 5) is 0. The highest BCUT2D eigenvalue weighted by molar-refractivity contribution is 9.10. The number of hydrogen-bond acceptors (Lipinski definition) is 2. The Bertz CT molecular complexity index is 557. The standard InChI is InChI=1S/C15H15BrFNO/c16-14-8-10(1-6-15(14)19)7-12(9-18)11-2-4-13(17)5-3-11/h1-6,8,12,19H,7,9,18H2. The molecule has 0 bridgehead atoms. The van der Waals surface area contributed by atoms with Crippen LogP contribution in [0.3, 0.4) is 0 Å². The molecule has 0 spiro atoms. The fourth-order valence-corrected chi connectivity index (χ4v) is 2.46. The third-order valence-electron chi connectivity index (χ3n) is 3.12. The molecule has 2 aromatic carbocycles. The summed E-state index contributed by atoms with van der Waals surface area (Å²) in [5, 5.41) is 9.47. The van der Waals surface area contributed by atoms with E-state index in [2.05, 4.69) is 15.9 Å². The van der Waals surface area contributed by atoms with Crippen LogP contribution in [0.5, 0.6) is 5.75 Å². The van der Waals surface area contributed by atoms with Crippen LogP contribution in [-0.2, 0) is 6.42 Å². The Hall–Kier alpha value is -1.39. The highest BCUT2D eigenvalue weighted by atomic mass is 79.9. The number of nitrogens with two attached hydrogens (primary N) is 1. The Balaban J connectivity index is 2.18. The average molecular weight is 324 g/mol. The van der Waals surface area contributed by atoms with Crippen LogP contribution in [0.4, 0.5) is 4.39 Å². The second-order valence-electron chi connectivity index (χ2n) is 4.47. The zero-order valence-electron chi connectivity index (χ0n) is 10.3. The fraction of sp³-hybridized carbons (Fsp3) is 0.200. The predicted molar refractivity (Wildman–Crippen MR) is 77.7 cm³/mol. The first-order valence-corrected chi connectivity index (χ1v) is 6.82. The molecule has 3 N–H and O–H groups in total. The maximum absolute atomic E-state index is 12.9. The van der Waals surface area contributed by atoms with Crippen LogP contribution in [0.15, 0.2) is 46.9 Å². The van der Waals surface area contributed by atoms with Crippen LogP contribution in [0.1, 0.15) is 17.0 Å². The van der Waals surface area contributed by atoms with Gasteiger partial charge < -0.3 is 10.8 Å². The summed E-state index contributed by atoms with van der Waals surface area (Å²) in [5.41, 5.74) is 7.90. The first-order chi connectivity index (χ1) is 9.10. The second kappa shape index (κ2) is 6.17. The summed E-state index contributed by atoms with van der Waals surface area (Å²) in [6.45, 7) is 0.490. The highest BCUT2D eigenvalue weighted by Gasteiger charge is 2.11. The molecule has 0 heterocycles. The molecule has 0 aromatic heterocycles. The lowest BCUT2D eigenvalue weighted by Crippen LogP contribution is -2.15. The average Bonchev–Trinajstić information content (AvgIpc) is 2.41. The van der Waals surface area contributed by atoms with Crippen molar-refractivity contribution in [2.75, 3.05) is 6.54 Å². The first-order valence-electron chi connectivity index (χ1n) is 6.03. The van der Waals surface area contributed by atoms with Gasteiger partial charge in [-0.25, -0.2) is 4.39 Å². The highest BCUT2D eigenvalue weighted by Crippen LogP contribution is 2.27. The number of hydrogen-bond donors (Lipinski definition) is 2. The van der Waals surface area contributed by atoms with Gasteiger partial charge in [-0.2, -0.15) is 0 Å². The van der Waals surface area contributed by atoms with Crippen molar-refractivity contribution in [1.29, 1.82) is 0 Å². The number of halogens is 2. The molecule has 100 valence electrons. The SMILES string of the molecule is NCC(Cc1ccc(O)c(Br)c1)c1ccc(F)cc1. The van der Waals surface area contributed by atoms with E-state index in [9.17, 15) is 9.50 Å². The Morgan fingerprint density at radius 1 is 1.16 bits per heavy atom. The third kappa shape index (κ3) is 3.55. The number of phenols is 1. The monoisotopic (exact) mass is 323 g/mol. The van der Waals surface area contributed by atoms with E-state index < -0.39 is 0 Å². The second-order valence-corrected chi connectivity index (χ2v) is 5.33. The van der Waals surface area contributed by atoms with E-state index in [4.69, 9.17) is 5.73 Å². The van der Waals surface area contributed by atoms with Gasteiger partial charge in [0.05, 0.1) is 4.47 Å². The molecule has 2 nitrogen and oxygen atoms in total. The predicted octanol–water partition coefficient (Wildman–Crippen LogP) is 3.58. The number of rotatable bonds is 4. The van der Waals surface area contributed by atoms with Gasteiger partial charge >= 0.3 is 0 Å². The summed E-state index contributed by atoms with van der Waals surface area (Å²) < 4.78 is 13.6. The molecule has 2 aromatic rings. The van der Waals surface area contributed by atoms with E-state index >= 15 is 0 Å². The van der Waals surface area contributed by atoms with Crippen LogP contribution in [0.2, 0.25) is 0 Å². The zero-order valence-corrected chi connectivity index (χ0v) is 11.9. The Labute approximate surface area is 120 Å². The van der Waals surface area contributed by atoms with Crippen LogP contribution < -0.4 is 5.73 Å². The molecule has 0 fully saturated rings. The molecule has 0 aliphatic rings. The van der Waals surface area contributed by atoms with Crippen molar-refractivity contribution in [3.8, 4) is 5.75 Å². The van der Waals surface area contributed by atoms with E-state index in [0.29, 0.717) is 11.0 Å². The maximum atomic E-state index is 12.9. The smallest absolute Gasteiger partial charge is 0.129 e.